The normalized spacial score (nSPS) is 33.5. The van der Waals surface area contributed by atoms with Crippen LogP contribution in [0.25, 0.3) is 0 Å². The van der Waals surface area contributed by atoms with Gasteiger partial charge in [-0.1, -0.05) is 44.1 Å². The SMILES string of the molecule is [B]C(O)/C=C/[C@@H]1[C@@H](C/C=C\CCCC)[C@@H](O)C[C@H]1O. The van der Waals surface area contributed by atoms with Crippen LogP contribution in [-0.2, 0) is 0 Å². The fraction of sp³-hybridized carbons (Fsp3) is 0.733. The van der Waals surface area contributed by atoms with Crippen molar-refractivity contribution in [3.05, 3.63) is 24.3 Å². The first kappa shape index (κ1) is 16.5. The average molecular weight is 264 g/mol. The van der Waals surface area contributed by atoms with E-state index in [4.69, 9.17) is 13.0 Å². The molecule has 3 nitrogen and oxygen atoms in total. The lowest BCUT2D eigenvalue weighted by molar-refractivity contribution is 0.120. The molecule has 0 aromatic carbocycles. The smallest absolute Gasteiger partial charge is 0.114 e. The van der Waals surface area contributed by atoms with Crippen LogP contribution in [0.1, 0.15) is 39.0 Å². The van der Waals surface area contributed by atoms with Gasteiger partial charge < -0.3 is 15.3 Å². The molecular formula is C15H25BO3. The molecule has 2 radical (unpaired) electrons. The molecule has 1 aliphatic carbocycles. The summed E-state index contributed by atoms with van der Waals surface area (Å²) in [5.74, 6) is -0.132. The average Bonchev–Trinajstić information content (AvgIpc) is 2.61. The fourth-order valence-corrected chi connectivity index (χ4v) is 2.64. The maximum absolute atomic E-state index is 9.98. The summed E-state index contributed by atoms with van der Waals surface area (Å²) in [6, 6.07) is -1.01. The highest BCUT2D eigenvalue weighted by molar-refractivity contribution is 6.12. The maximum Gasteiger partial charge on any atom is 0.114 e. The second-order valence-corrected chi connectivity index (χ2v) is 5.34. The van der Waals surface area contributed by atoms with Crippen LogP contribution >= 0.6 is 0 Å². The minimum absolute atomic E-state index is 0.00266. The van der Waals surface area contributed by atoms with E-state index in [0.29, 0.717) is 6.42 Å². The Balaban J connectivity index is 2.54. The van der Waals surface area contributed by atoms with Crippen LogP contribution in [0.2, 0.25) is 0 Å². The number of unbranched alkanes of at least 4 members (excludes halogenated alkanes) is 2. The van der Waals surface area contributed by atoms with Gasteiger partial charge in [0.05, 0.1) is 12.2 Å². The molecule has 5 atom stereocenters. The summed E-state index contributed by atoms with van der Waals surface area (Å²) in [6.07, 6.45) is 10.9. The van der Waals surface area contributed by atoms with Gasteiger partial charge in [0, 0.05) is 18.3 Å². The highest BCUT2D eigenvalue weighted by Crippen LogP contribution is 2.36. The van der Waals surface area contributed by atoms with Crippen LogP contribution < -0.4 is 0 Å². The molecule has 19 heavy (non-hydrogen) atoms. The number of rotatable bonds is 7. The summed E-state index contributed by atoms with van der Waals surface area (Å²) < 4.78 is 0. The van der Waals surface area contributed by atoms with Gasteiger partial charge >= 0.3 is 0 Å². The van der Waals surface area contributed by atoms with E-state index in [2.05, 4.69) is 19.1 Å². The van der Waals surface area contributed by atoms with Gasteiger partial charge in [0.1, 0.15) is 7.85 Å². The van der Waals surface area contributed by atoms with Gasteiger partial charge in [-0.05, 0) is 18.8 Å². The summed E-state index contributed by atoms with van der Waals surface area (Å²) in [4.78, 5) is 0. The Morgan fingerprint density at radius 2 is 2.00 bits per heavy atom. The molecule has 1 unspecified atom stereocenters. The molecule has 1 saturated carbocycles. The summed E-state index contributed by atoms with van der Waals surface area (Å²) >= 11 is 0. The van der Waals surface area contributed by atoms with E-state index >= 15 is 0 Å². The summed E-state index contributed by atoms with van der Waals surface area (Å²) in [6.45, 7) is 2.16. The molecule has 1 aliphatic rings. The van der Waals surface area contributed by atoms with E-state index in [1.807, 2.05) is 0 Å². The van der Waals surface area contributed by atoms with Crippen LogP contribution in [-0.4, -0.2) is 41.4 Å². The lowest BCUT2D eigenvalue weighted by atomic mass is 9.88. The van der Waals surface area contributed by atoms with E-state index in [-0.39, 0.29) is 11.8 Å². The summed E-state index contributed by atoms with van der Waals surface area (Å²) in [5, 5.41) is 29.0. The van der Waals surface area contributed by atoms with Crippen LogP contribution in [0.4, 0.5) is 0 Å². The highest BCUT2D eigenvalue weighted by Gasteiger charge is 2.39. The van der Waals surface area contributed by atoms with Crippen molar-refractivity contribution in [1.29, 1.82) is 0 Å². The molecule has 4 heteroatoms. The quantitative estimate of drug-likeness (QED) is 0.371. The zero-order valence-electron chi connectivity index (χ0n) is 11.7. The van der Waals surface area contributed by atoms with Gasteiger partial charge in [-0.25, -0.2) is 0 Å². The molecule has 0 aromatic rings. The molecular weight excluding hydrogens is 239 g/mol. The van der Waals surface area contributed by atoms with Crippen molar-refractivity contribution in [2.75, 3.05) is 0 Å². The Morgan fingerprint density at radius 1 is 1.26 bits per heavy atom. The number of aliphatic hydroxyl groups excluding tert-OH is 3. The third-order valence-corrected chi connectivity index (χ3v) is 3.75. The topological polar surface area (TPSA) is 60.7 Å². The van der Waals surface area contributed by atoms with E-state index in [0.717, 1.165) is 12.8 Å². The van der Waals surface area contributed by atoms with Gasteiger partial charge in [0.25, 0.3) is 0 Å². The predicted molar refractivity (Wildman–Crippen MR) is 77.8 cm³/mol. The Bertz CT molecular complexity index is 302. The molecule has 1 fully saturated rings. The predicted octanol–water partition coefficient (Wildman–Crippen LogP) is 1.52. The molecule has 0 heterocycles. The van der Waals surface area contributed by atoms with Crippen molar-refractivity contribution in [3.8, 4) is 0 Å². The lowest BCUT2D eigenvalue weighted by Crippen LogP contribution is -2.20. The Labute approximate surface area is 117 Å². The third-order valence-electron chi connectivity index (χ3n) is 3.75. The van der Waals surface area contributed by atoms with E-state index in [9.17, 15) is 10.2 Å². The Kier molecular flexibility index (Phi) is 7.43. The second-order valence-electron chi connectivity index (χ2n) is 5.34. The van der Waals surface area contributed by atoms with Gasteiger partial charge in [0.15, 0.2) is 0 Å². The third kappa shape index (κ3) is 5.51. The zero-order valence-corrected chi connectivity index (χ0v) is 11.7. The monoisotopic (exact) mass is 264 g/mol. The Hall–Kier alpha value is -0.575. The van der Waals surface area contributed by atoms with E-state index in [1.165, 1.54) is 18.9 Å². The van der Waals surface area contributed by atoms with Crippen molar-refractivity contribution in [2.45, 2.75) is 57.2 Å². The molecule has 1 rings (SSSR count). The molecule has 0 aromatic heterocycles. The van der Waals surface area contributed by atoms with Crippen LogP contribution in [0.5, 0.6) is 0 Å². The first-order chi connectivity index (χ1) is 9.06. The zero-order chi connectivity index (χ0) is 14.3. The summed E-state index contributed by atoms with van der Waals surface area (Å²) in [5.41, 5.74) is 0. The van der Waals surface area contributed by atoms with Crippen molar-refractivity contribution >= 4 is 7.85 Å². The van der Waals surface area contributed by atoms with E-state index in [1.54, 1.807) is 6.08 Å². The molecule has 0 aliphatic heterocycles. The fourth-order valence-electron chi connectivity index (χ4n) is 2.64. The maximum atomic E-state index is 9.98. The Morgan fingerprint density at radius 3 is 2.63 bits per heavy atom. The lowest BCUT2D eigenvalue weighted by Gasteiger charge is -2.19. The number of aliphatic hydroxyl groups is 3. The van der Waals surface area contributed by atoms with E-state index < -0.39 is 18.2 Å². The first-order valence-corrected chi connectivity index (χ1v) is 7.19. The number of allylic oxidation sites excluding steroid dienone is 2. The molecule has 0 bridgehead atoms. The van der Waals surface area contributed by atoms with Crippen LogP contribution in [0.15, 0.2) is 24.3 Å². The van der Waals surface area contributed by atoms with Crippen molar-refractivity contribution < 1.29 is 15.3 Å². The highest BCUT2D eigenvalue weighted by atomic mass is 16.3. The number of hydrogen-bond donors (Lipinski definition) is 3. The molecule has 0 saturated heterocycles. The van der Waals surface area contributed by atoms with Gasteiger partial charge in [-0.15, -0.1) is 0 Å². The minimum Gasteiger partial charge on any atom is -0.399 e. The van der Waals surface area contributed by atoms with Crippen molar-refractivity contribution in [2.24, 2.45) is 11.8 Å². The molecule has 3 N–H and O–H groups in total. The van der Waals surface area contributed by atoms with Crippen molar-refractivity contribution in [3.63, 3.8) is 0 Å². The van der Waals surface area contributed by atoms with Crippen LogP contribution in [0, 0.1) is 11.8 Å². The van der Waals surface area contributed by atoms with Gasteiger partial charge in [-0.2, -0.15) is 0 Å². The van der Waals surface area contributed by atoms with Crippen LogP contribution in [0.3, 0.4) is 0 Å². The minimum atomic E-state index is -1.01. The van der Waals surface area contributed by atoms with Gasteiger partial charge in [-0.3, -0.25) is 0 Å². The van der Waals surface area contributed by atoms with Gasteiger partial charge in [0.2, 0.25) is 0 Å². The first-order valence-electron chi connectivity index (χ1n) is 7.19. The molecule has 0 spiro atoms. The second kappa shape index (κ2) is 8.57. The standard InChI is InChI=1S/C15H25BO3/c1-2-3-4-5-6-7-11-12(8-9-15(16)19)14(18)10-13(11)17/h5-6,8-9,11-15,17-19H,2-4,7,10H2,1H3/b6-5-,9-8+/t11-,12-,13+,14-,15?/m1/s1. The largest absolute Gasteiger partial charge is 0.399 e. The molecule has 106 valence electrons. The molecule has 0 amide bonds. The number of hydrogen-bond acceptors (Lipinski definition) is 3. The van der Waals surface area contributed by atoms with Crippen molar-refractivity contribution in [1.82, 2.24) is 0 Å². The summed E-state index contributed by atoms with van der Waals surface area (Å²) in [7, 11) is 5.26.